The summed E-state index contributed by atoms with van der Waals surface area (Å²) in [6, 6.07) is 2.29. The summed E-state index contributed by atoms with van der Waals surface area (Å²) >= 11 is 0. The van der Waals surface area contributed by atoms with Gasteiger partial charge in [-0.25, -0.2) is 9.50 Å². The molecule has 1 atom stereocenters. The molecule has 0 radical (unpaired) electrons. The second-order valence-corrected chi connectivity index (χ2v) is 6.48. The Morgan fingerprint density at radius 2 is 2.05 bits per heavy atom. The molecule has 0 aliphatic carbocycles. The molecule has 0 saturated heterocycles. The molecular formula is C16H26N4. The molecule has 0 spiro atoms. The van der Waals surface area contributed by atoms with Gasteiger partial charge in [-0.3, -0.25) is 0 Å². The number of nitrogens with zero attached hydrogens (tertiary/aromatic N) is 3. The van der Waals surface area contributed by atoms with Gasteiger partial charge in [0, 0.05) is 36.1 Å². The minimum Gasteiger partial charge on any atom is -0.310 e. The second kappa shape index (κ2) is 5.52. The average Bonchev–Trinajstić information content (AvgIpc) is 2.78. The third kappa shape index (κ3) is 3.01. The Balaban J connectivity index is 2.22. The first-order valence-electron chi connectivity index (χ1n) is 7.39. The molecule has 20 heavy (non-hydrogen) atoms. The maximum absolute atomic E-state index is 4.51. The van der Waals surface area contributed by atoms with E-state index < -0.39 is 0 Å². The molecule has 4 nitrogen and oxygen atoms in total. The van der Waals surface area contributed by atoms with Crippen LogP contribution >= 0.6 is 0 Å². The quantitative estimate of drug-likeness (QED) is 0.908. The van der Waals surface area contributed by atoms with E-state index in [1.54, 1.807) is 0 Å². The van der Waals surface area contributed by atoms with Crippen molar-refractivity contribution in [2.75, 3.05) is 6.54 Å². The Labute approximate surface area is 121 Å². The van der Waals surface area contributed by atoms with Crippen LogP contribution in [0.5, 0.6) is 0 Å². The number of hydrogen-bond donors (Lipinski definition) is 1. The maximum Gasteiger partial charge on any atom is 0.155 e. The first-order chi connectivity index (χ1) is 9.34. The number of aromatic nitrogens is 3. The molecule has 1 N–H and O–H groups in total. The fourth-order valence-corrected chi connectivity index (χ4v) is 2.27. The zero-order chi connectivity index (χ0) is 14.9. The van der Waals surface area contributed by atoms with Crippen molar-refractivity contribution in [3.63, 3.8) is 0 Å². The van der Waals surface area contributed by atoms with E-state index in [4.69, 9.17) is 0 Å². The van der Waals surface area contributed by atoms with Gasteiger partial charge in [0.05, 0.1) is 5.69 Å². The molecule has 0 saturated carbocycles. The highest BCUT2D eigenvalue weighted by Crippen LogP contribution is 2.22. The number of rotatable bonds is 5. The zero-order valence-electron chi connectivity index (χ0n) is 13.5. The van der Waals surface area contributed by atoms with E-state index >= 15 is 0 Å². The maximum atomic E-state index is 4.51. The van der Waals surface area contributed by atoms with Crippen LogP contribution in [0.2, 0.25) is 0 Å². The third-order valence-electron chi connectivity index (χ3n) is 4.19. The Bertz CT molecular complexity index is 598. The summed E-state index contributed by atoms with van der Waals surface area (Å²) in [7, 11) is 0. The van der Waals surface area contributed by atoms with Crippen molar-refractivity contribution < 1.29 is 0 Å². The molecule has 0 aliphatic heterocycles. The summed E-state index contributed by atoms with van der Waals surface area (Å²) in [5.74, 6) is 0. The van der Waals surface area contributed by atoms with Crippen LogP contribution in [0.15, 0.2) is 12.3 Å². The van der Waals surface area contributed by atoms with E-state index in [0.29, 0.717) is 5.41 Å². The molecule has 2 aromatic rings. The normalized spacial score (nSPS) is 13.9. The van der Waals surface area contributed by atoms with Crippen LogP contribution in [-0.4, -0.2) is 21.1 Å². The third-order valence-corrected chi connectivity index (χ3v) is 4.19. The summed E-state index contributed by atoms with van der Waals surface area (Å²) in [6.07, 6.45) is 3.14. The number of nitrogens with one attached hydrogen (secondary N) is 1. The van der Waals surface area contributed by atoms with Crippen molar-refractivity contribution in [3.05, 3.63) is 29.2 Å². The SMILES string of the molecule is CCC(C)(C)CNC(C)c1cnc2cc(C)nn2c1C. The predicted molar refractivity (Wildman–Crippen MR) is 83.0 cm³/mol. The average molecular weight is 274 g/mol. The molecule has 110 valence electrons. The van der Waals surface area contributed by atoms with Gasteiger partial charge in [0.15, 0.2) is 5.65 Å². The van der Waals surface area contributed by atoms with Gasteiger partial charge in [-0.05, 0) is 32.6 Å². The number of hydrogen-bond acceptors (Lipinski definition) is 3. The Hall–Kier alpha value is -1.42. The molecule has 2 aromatic heterocycles. The highest BCUT2D eigenvalue weighted by atomic mass is 15.3. The fourth-order valence-electron chi connectivity index (χ4n) is 2.27. The molecule has 0 aliphatic rings. The minimum absolute atomic E-state index is 0.280. The van der Waals surface area contributed by atoms with Gasteiger partial charge in [-0.15, -0.1) is 0 Å². The minimum atomic E-state index is 0.280. The number of aryl methyl sites for hydroxylation is 2. The van der Waals surface area contributed by atoms with Gasteiger partial charge < -0.3 is 5.32 Å². The highest BCUT2D eigenvalue weighted by Gasteiger charge is 2.18. The largest absolute Gasteiger partial charge is 0.310 e. The van der Waals surface area contributed by atoms with Gasteiger partial charge in [0.25, 0.3) is 0 Å². The predicted octanol–water partition coefficient (Wildman–Crippen LogP) is 3.43. The molecule has 0 fully saturated rings. The molecule has 2 heterocycles. The van der Waals surface area contributed by atoms with Gasteiger partial charge in [-0.1, -0.05) is 20.8 Å². The Kier molecular flexibility index (Phi) is 4.14. The van der Waals surface area contributed by atoms with E-state index in [1.807, 2.05) is 23.7 Å². The Morgan fingerprint density at radius 1 is 1.35 bits per heavy atom. The topological polar surface area (TPSA) is 42.2 Å². The van der Waals surface area contributed by atoms with Crippen molar-refractivity contribution in [2.45, 2.75) is 54.0 Å². The lowest BCUT2D eigenvalue weighted by Gasteiger charge is -2.26. The van der Waals surface area contributed by atoms with Crippen LogP contribution in [0.1, 0.15) is 57.1 Å². The van der Waals surface area contributed by atoms with Crippen LogP contribution in [0, 0.1) is 19.3 Å². The van der Waals surface area contributed by atoms with E-state index in [9.17, 15) is 0 Å². The molecule has 0 bridgehead atoms. The van der Waals surface area contributed by atoms with Gasteiger partial charge in [0.2, 0.25) is 0 Å². The van der Waals surface area contributed by atoms with Crippen LogP contribution in [0.4, 0.5) is 0 Å². The standard InChI is InChI=1S/C16H26N4/c1-7-16(5,6)10-18-12(3)14-9-17-15-8-11(2)19-20(15)13(14)4/h8-9,12,18H,7,10H2,1-6H3. The van der Waals surface area contributed by atoms with Crippen molar-refractivity contribution in [1.29, 1.82) is 0 Å². The summed E-state index contributed by atoms with van der Waals surface area (Å²) < 4.78 is 1.94. The van der Waals surface area contributed by atoms with Crippen LogP contribution in [0.25, 0.3) is 5.65 Å². The second-order valence-electron chi connectivity index (χ2n) is 6.48. The van der Waals surface area contributed by atoms with Crippen molar-refractivity contribution in [3.8, 4) is 0 Å². The van der Waals surface area contributed by atoms with Crippen LogP contribution < -0.4 is 5.32 Å². The fraction of sp³-hybridized carbons (Fsp3) is 0.625. The number of fused-ring (bicyclic) bond motifs is 1. The van der Waals surface area contributed by atoms with E-state index in [2.05, 4.69) is 50.0 Å². The summed E-state index contributed by atoms with van der Waals surface area (Å²) in [5.41, 5.74) is 4.63. The van der Waals surface area contributed by atoms with Gasteiger partial charge >= 0.3 is 0 Å². The van der Waals surface area contributed by atoms with E-state index in [1.165, 1.54) is 12.0 Å². The summed E-state index contributed by atoms with van der Waals surface area (Å²) in [4.78, 5) is 4.51. The molecular weight excluding hydrogens is 248 g/mol. The summed E-state index contributed by atoms with van der Waals surface area (Å²) in [5, 5.41) is 8.13. The lowest BCUT2D eigenvalue weighted by molar-refractivity contribution is 0.313. The first kappa shape index (κ1) is 15.0. The van der Waals surface area contributed by atoms with E-state index in [-0.39, 0.29) is 6.04 Å². The van der Waals surface area contributed by atoms with Crippen LogP contribution in [0.3, 0.4) is 0 Å². The van der Waals surface area contributed by atoms with Crippen molar-refractivity contribution >= 4 is 5.65 Å². The molecule has 0 amide bonds. The molecule has 2 rings (SSSR count). The zero-order valence-corrected chi connectivity index (χ0v) is 13.5. The van der Waals surface area contributed by atoms with Crippen molar-refractivity contribution in [1.82, 2.24) is 19.9 Å². The van der Waals surface area contributed by atoms with Crippen molar-refractivity contribution in [2.24, 2.45) is 5.41 Å². The van der Waals surface area contributed by atoms with Crippen LogP contribution in [-0.2, 0) is 0 Å². The van der Waals surface area contributed by atoms with E-state index in [0.717, 1.165) is 23.6 Å². The monoisotopic (exact) mass is 274 g/mol. The molecule has 1 unspecified atom stereocenters. The van der Waals surface area contributed by atoms with Gasteiger partial charge in [0.1, 0.15) is 0 Å². The molecule has 0 aromatic carbocycles. The molecule has 4 heteroatoms. The first-order valence-corrected chi connectivity index (χ1v) is 7.39. The lowest BCUT2D eigenvalue weighted by atomic mass is 9.90. The smallest absolute Gasteiger partial charge is 0.155 e. The lowest BCUT2D eigenvalue weighted by Crippen LogP contribution is -2.31. The highest BCUT2D eigenvalue weighted by molar-refractivity contribution is 5.42. The Morgan fingerprint density at radius 3 is 2.70 bits per heavy atom. The summed E-state index contributed by atoms with van der Waals surface area (Å²) in [6.45, 7) is 14.1. The van der Waals surface area contributed by atoms with Gasteiger partial charge in [-0.2, -0.15) is 5.10 Å².